The van der Waals surface area contributed by atoms with E-state index in [-0.39, 0.29) is 12.0 Å². The van der Waals surface area contributed by atoms with E-state index in [0.717, 1.165) is 5.56 Å². The lowest BCUT2D eigenvalue weighted by Crippen LogP contribution is -2.40. The SMILES string of the molecule is COC(=O)[C@@H](C)[C@H](N[S@](=O)C(C)(C)C)c1ccccc1. The van der Waals surface area contributed by atoms with Crippen LogP contribution in [0, 0.1) is 5.92 Å². The van der Waals surface area contributed by atoms with Gasteiger partial charge in [0.25, 0.3) is 0 Å². The zero-order chi connectivity index (χ0) is 15.3. The van der Waals surface area contributed by atoms with Crippen LogP contribution in [0.1, 0.15) is 39.3 Å². The van der Waals surface area contributed by atoms with Crippen molar-refractivity contribution in [1.82, 2.24) is 4.72 Å². The molecule has 112 valence electrons. The van der Waals surface area contributed by atoms with Gasteiger partial charge in [0.15, 0.2) is 0 Å². The van der Waals surface area contributed by atoms with Gasteiger partial charge in [0.1, 0.15) is 0 Å². The number of rotatable bonds is 5. The quantitative estimate of drug-likeness (QED) is 0.850. The van der Waals surface area contributed by atoms with Gasteiger partial charge in [-0.25, -0.2) is 8.93 Å². The molecule has 0 unspecified atom stereocenters. The second-order valence-corrected chi connectivity index (χ2v) is 7.70. The van der Waals surface area contributed by atoms with Crippen LogP contribution in [0.2, 0.25) is 0 Å². The van der Waals surface area contributed by atoms with Gasteiger partial charge < -0.3 is 4.74 Å². The first-order chi connectivity index (χ1) is 9.27. The average Bonchev–Trinajstić information content (AvgIpc) is 2.42. The van der Waals surface area contributed by atoms with Crippen LogP contribution in [0.25, 0.3) is 0 Å². The third-order valence-corrected chi connectivity index (χ3v) is 4.60. The zero-order valence-electron chi connectivity index (χ0n) is 12.7. The zero-order valence-corrected chi connectivity index (χ0v) is 13.5. The number of methoxy groups -OCH3 is 1. The van der Waals surface area contributed by atoms with Crippen molar-refractivity contribution < 1.29 is 13.7 Å². The molecule has 1 rings (SSSR count). The van der Waals surface area contributed by atoms with Gasteiger partial charge in [0, 0.05) is 0 Å². The Kier molecular flexibility index (Phi) is 5.89. The molecule has 0 amide bonds. The molecule has 0 aliphatic rings. The minimum absolute atomic E-state index is 0.322. The summed E-state index contributed by atoms with van der Waals surface area (Å²) in [6.45, 7) is 7.44. The fraction of sp³-hybridized carbons (Fsp3) is 0.533. The number of nitrogens with one attached hydrogen (secondary N) is 1. The van der Waals surface area contributed by atoms with E-state index in [0.29, 0.717) is 0 Å². The van der Waals surface area contributed by atoms with E-state index < -0.39 is 21.7 Å². The van der Waals surface area contributed by atoms with Gasteiger partial charge in [-0.2, -0.15) is 0 Å². The summed E-state index contributed by atoms with van der Waals surface area (Å²) in [5.74, 6) is -0.744. The molecule has 20 heavy (non-hydrogen) atoms. The van der Waals surface area contributed by atoms with Crippen molar-refractivity contribution in [2.24, 2.45) is 5.92 Å². The van der Waals surface area contributed by atoms with Gasteiger partial charge in [0.05, 0.1) is 34.8 Å². The number of esters is 1. The standard InChI is InChI=1S/C15H23NO3S/c1-11(14(17)19-5)13(12-9-7-6-8-10-12)16-20(18)15(2,3)4/h6-11,13,16H,1-5H3/t11-,13-,20+/m0/s1. The summed E-state index contributed by atoms with van der Waals surface area (Å²) >= 11 is 0. The highest BCUT2D eigenvalue weighted by Gasteiger charge is 2.30. The molecule has 1 aromatic carbocycles. The molecule has 4 nitrogen and oxygen atoms in total. The van der Waals surface area contributed by atoms with Gasteiger partial charge >= 0.3 is 5.97 Å². The van der Waals surface area contributed by atoms with E-state index >= 15 is 0 Å². The minimum Gasteiger partial charge on any atom is -0.469 e. The smallest absolute Gasteiger partial charge is 0.310 e. The van der Waals surface area contributed by atoms with Crippen LogP contribution in [-0.4, -0.2) is 22.0 Å². The minimum atomic E-state index is -1.26. The molecule has 0 aliphatic heterocycles. The summed E-state index contributed by atoms with van der Waals surface area (Å²) in [7, 11) is 0.0979. The van der Waals surface area contributed by atoms with Crippen molar-refractivity contribution in [3.05, 3.63) is 35.9 Å². The Balaban J connectivity index is 3.03. The van der Waals surface area contributed by atoms with E-state index in [2.05, 4.69) is 4.72 Å². The molecule has 1 aromatic rings. The number of carbonyl (C=O) groups excluding carboxylic acids is 1. The molecule has 3 atom stereocenters. The van der Waals surface area contributed by atoms with Crippen LogP contribution in [0.5, 0.6) is 0 Å². The third kappa shape index (κ3) is 4.42. The van der Waals surface area contributed by atoms with Gasteiger partial charge in [0.2, 0.25) is 0 Å². The number of hydrogen-bond donors (Lipinski definition) is 1. The number of ether oxygens (including phenoxy) is 1. The van der Waals surface area contributed by atoms with Crippen molar-refractivity contribution in [3.63, 3.8) is 0 Å². The lowest BCUT2D eigenvalue weighted by atomic mass is 9.95. The first-order valence-corrected chi connectivity index (χ1v) is 7.73. The Morgan fingerprint density at radius 3 is 2.25 bits per heavy atom. The highest BCUT2D eigenvalue weighted by Crippen LogP contribution is 2.25. The maximum absolute atomic E-state index is 12.3. The topological polar surface area (TPSA) is 55.4 Å². The van der Waals surface area contributed by atoms with Crippen molar-refractivity contribution in [2.75, 3.05) is 7.11 Å². The van der Waals surface area contributed by atoms with Crippen molar-refractivity contribution in [2.45, 2.75) is 38.5 Å². The molecule has 0 heterocycles. The lowest BCUT2D eigenvalue weighted by molar-refractivity contribution is -0.145. The fourth-order valence-corrected chi connectivity index (χ4v) is 2.66. The van der Waals surface area contributed by atoms with Crippen LogP contribution in [-0.2, 0) is 20.5 Å². The fourth-order valence-electron chi connectivity index (χ4n) is 1.73. The van der Waals surface area contributed by atoms with Crippen molar-refractivity contribution in [3.8, 4) is 0 Å². The van der Waals surface area contributed by atoms with Crippen LogP contribution >= 0.6 is 0 Å². The summed E-state index contributed by atoms with van der Waals surface area (Å²) in [6, 6.07) is 9.18. The lowest BCUT2D eigenvalue weighted by Gasteiger charge is -2.27. The molecule has 0 spiro atoms. The van der Waals surface area contributed by atoms with Gasteiger partial charge in [-0.1, -0.05) is 37.3 Å². The molecule has 0 saturated carbocycles. The molecular formula is C15H23NO3S. The maximum Gasteiger partial charge on any atom is 0.310 e. The Labute approximate surface area is 123 Å². The highest BCUT2D eigenvalue weighted by atomic mass is 32.2. The van der Waals surface area contributed by atoms with Gasteiger partial charge in [-0.15, -0.1) is 0 Å². The van der Waals surface area contributed by atoms with E-state index in [1.807, 2.05) is 51.1 Å². The van der Waals surface area contributed by atoms with Crippen LogP contribution in [0.15, 0.2) is 30.3 Å². The maximum atomic E-state index is 12.3. The van der Waals surface area contributed by atoms with E-state index in [4.69, 9.17) is 4.74 Å². The number of hydrogen-bond acceptors (Lipinski definition) is 3. The summed E-state index contributed by atoms with van der Waals surface area (Å²) < 4.78 is 19.8. The largest absolute Gasteiger partial charge is 0.469 e. The normalized spacial score (nSPS) is 16.2. The monoisotopic (exact) mass is 297 g/mol. The number of benzene rings is 1. The summed E-state index contributed by atoms with van der Waals surface area (Å²) in [6.07, 6.45) is 0. The molecule has 0 aromatic heterocycles. The average molecular weight is 297 g/mol. The third-order valence-electron chi connectivity index (χ3n) is 3.02. The molecule has 1 N–H and O–H groups in total. The molecule has 0 saturated heterocycles. The Morgan fingerprint density at radius 1 is 1.25 bits per heavy atom. The molecule has 0 aliphatic carbocycles. The second kappa shape index (κ2) is 6.99. The Morgan fingerprint density at radius 2 is 1.80 bits per heavy atom. The van der Waals surface area contributed by atoms with Crippen LogP contribution < -0.4 is 4.72 Å². The van der Waals surface area contributed by atoms with Crippen LogP contribution in [0.3, 0.4) is 0 Å². The van der Waals surface area contributed by atoms with Gasteiger partial charge in [-0.05, 0) is 26.3 Å². The second-order valence-electron chi connectivity index (χ2n) is 5.70. The Bertz CT molecular complexity index is 468. The molecule has 0 fully saturated rings. The molecule has 0 radical (unpaired) electrons. The van der Waals surface area contributed by atoms with E-state index in [9.17, 15) is 9.00 Å². The van der Waals surface area contributed by atoms with E-state index in [1.54, 1.807) is 6.92 Å². The predicted molar refractivity (Wildman–Crippen MR) is 81.4 cm³/mol. The van der Waals surface area contributed by atoms with Crippen molar-refractivity contribution >= 4 is 17.0 Å². The molecule has 0 bridgehead atoms. The summed E-state index contributed by atoms with van der Waals surface area (Å²) in [4.78, 5) is 11.8. The van der Waals surface area contributed by atoms with Crippen molar-refractivity contribution in [1.29, 1.82) is 0 Å². The first kappa shape index (κ1) is 16.9. The molecular weight excluding hydrogens is 274 g/mol. The van der Waals surface area contributed by atoms with E-state index in [1.165, 1.54) is 7.11 Å². The Hall–Kier alpha value is -1.20. The molecule has 5 heteroatoms. The predicted octanol–water partition coefficient (Wildman–Crippen LogP) is 2.59. The van der Waals surface area contributed by atoms with Gasteiger partial charge in [-0.3, -0.25) is 4.79 Å². The first-order valence-electron chi connectivity index (χ1n) is 6.58. The summed E-state index contributed by atoms with van der Waals surface area (Å²) in [5.41, 5.74) is 0.919. The number of carbonyl (C=O) groups is 1. The summed E-state index contributed by atoms with van der Waals surface area (Å²) in [5, 5.41) is 0. The van der Waals surface area contributed by atoms with Crippen LogP contribution in [0.4, 0.5) is 0 Å². The highest BCUT2D eigenvalue weighted by molar-refractivity contribution is 7.84.